The molecule has 0 fully saturated rings. The van der Waals surface area contributed by atoms with Crippen molar-refractivity contribution in [3.05, 3.63) is 28.8 Å². The fraction of sp³-hybridized carbons (Fsp3) is 0.429. The second kappa shape index (κ2) is 3.92. The van der Waals surface area contributed by atoms with Crippen molar-refractivity contribution in [2.24, 2.45) is 0 Å². The summed E-state index contributed by atoms with van der Waals surface area (Å²) in [6.07, 6.45) is 2.94. The zero-order valence-corrected chi connectivity index (χ0v) is 10.6. The molecule has 1 unspecified atom stereocenters. The summed E-state index contributed by atoms with van der Waals surface area (Å²) >= 11 is 0. The lowest BCUT2D eigenvalue weighted by Gasteiger charge is -2.30. The van der Waals surface area contributed by atoms with E-state index in [4.69, 9.17) is 0 Å². The van der Waals surface area contributed by atoms with Gasteiger partial charge in [-0.25, -0.2) is 0 Å². The average Bonchev–Trinajstić information content (AvgIpc) is 2.65. The van der Waals surface area contributed by atoms with E-state index in [1.54, 1.807) is 0 Å². The summed E-state index contributed by atoms with van der Waals surface area (Å²) in [4.78, 5) is 25.6. The van der Waals surface area contributed by atoms with Crippen LogP contribution < -0.4 is 5.32 Å². The number of carbonyl (C=O) groups is 2. The highest BCUT2D eigenvalue weighted by molar-refractivity contribution is 6.52. The number of likely N-dealkylation sites (N-methyl/N-ethyl adjacent to an activating group) is 1. The number of nitrogens with one attached hydrogen (secondary N) is 1. The summed E-state index contributed by atoms with van der Waals surface area (Å²) in [6.45, 7) is 0. The van der Waals surface area contributed by atoms with Crippen LogP contribution in [0.5, 0.6) is 0 Å². The van der Waals surface area contributed by atoms with Gasteiger partial charge < -0.3 is 10.2 Å². The first kappa shape index (κ1) is 11.4. The summed E-state index contributed by atoms with van der Waals surface area (Å²) in [5.41, 5.74) is 3.59. The summed E-state index contributed by atoms with van der Waals surface area (Å²) in [5, 5.41) is 2.64. The minimum Gasteiger partial charge on any atom is -0.318 e. The number of carbonyl (C=O) groups excluding carboxylic acids is 2. The highest BCUT2D eigenvalue weighted by atomic mass is 16.2. The largest absolute Gasteiger partial charge is 0.318 e. The van der Waals surface area contributed by atoms with Crippen LogP contribution in [-0.2, 0) is 17.6 Å². The van der Waals surface area contributed by atoms with Gasteiger partial charge in [-0.3, -0.25) is 9.59 Å². The number of benzene rings is 1. The summed E-state index contributed by atoms with van der Waals surface area (Å²) in [7, 11) is 4.12. The Kier molecular flexibility index (Phi) is 2.48. The van der Waals surface area contributed by atoms with E-state index in [1.165, 1.54) is 5.56 Å². The molecule has 1 aliphatic carbocycles. The lowest BCUT2D eigenvalue weighted by Crippen LogP contribution is -2.34. The van der Waals surface area contributed by atoms with Crippen LogP contribution in [0.2, 0.25) is 0 Å². The molecule has 4 nitrogen and oxygen atoms in total. The molecule has 4 heteroatoms. The number of Topliss-reactive ketones (excluding diaryl/α,β-unsaturated/α-hetero) is 1. The molecule has 1 aromatic carbocycles. The topological polar surface area (TPSA) is 49.4 Å². The fourth-order valence-electron chi connectivity index (χ4n) is 2.92. The van der Waals surface area contributed by atoms with Gasteiger partial charge in [0.1, 0.15) is 0 Å². The van der Waals surface area contributed by atoms with Gasteiger partial charge >= 0.3 is 0 Å². The van der Waals surface area contributed by atoms with Crippen LogP contribution in [0.15, 0.2) is 12.1 Å². The van der Waals surface area contributed by atoms with Crippen molar-refractivity contribution in [3.63, 3.8) is 0 Å². The third-order valence-corrected chi connectivity index (χ3v) is 4.01. The number of hydrogen-bond donors (Lipinski definition) is 1. The lowest BCUT2D eigenvalue weighted by atomic mass is 9.84. The van der Waals surface area contributed by atoms with Gasteiger partial charge in [0.15, 0.2) is 0 Å². The Morgan fingerprint density at radius 1 is 1.28 bits per heavy atom. The standard InChI is InChI=1S/C14H16N2O2/c1-16(2)9-5-3-8-4-6-11-12(10(8)7-9)13(17)14(18)15-11/h4,6,9H,3,5,7H2,1-2H3,(H,15,17,18). The quantitative estimate of drug-likeness (QED) is 0.756. The first-order valence-corrected chi connectivity index (χ1v) is 6.25. The maximum Gasteiger partial charge on any atom is 0.296 e. The number of nitrogens with zero attached hydrogens (tertiary/aromatic N) is 1. The fourth-order valence-corrected chi connectivity index (χ4v) is 2.92. The Morgan fingerprint density at radius 2 is 2.06 bits per heavy atom. The molecule has 2 aliphatic rings. The lowest BCUT2D eigenvalue weighted by molar-refractivity contribution is -0.112. The molecule has 3 rings (SSSR count). The van der Waals surface area contributed by atoms with Gasteiger partial charge in [-0.1, -0.05) is 6.07 Å². The number of amides is 1. The number of rotatable bonds is 1. The van der Waals surface area contributed by atoms with Crippen molar-refractivity contribution in [2.75, 3.05) is 19.4 Å². The molecule has 18 heavy (non-hydrogen) atoms. The minimum atomic E-state index is -0.495. The molecule has 0 spiro atoms. The Hall–Kier alpha value is -1.68. The average molecular weight is 244 g/mol. The molecule has 1 atom stereocenters. The second-order valence-electron chi connectivity index (χ2n) is 5.27. The second-order valence-corrected chi connectivity index (χ2v) is 5.27. The van der Waals surface area contributed by atoms with Crippen molar-refractivity contribution in [3.8, 4) is 0 Å². The summed E-state index contributed by atoms with van der Waals surface area (Å²) < 4.78 is 0. The van der Waals surface area contributed by atoms with Crippen molar-refractivity contribution >= 4 is 17.4 Å². The zero-order chi connectivity index (χ0) is 12.9. The molecule has 1 N–H and O–H groups in total. The predicted octanol–water partition coefficient (Wildman–Crippen LogP) is 1.24. The molecule has 0 aromatic heterocycles. The van der Waals surface area contributed by atoms with Crippen molar-refractivity contribution in [1.82, 2.24) is 4.90 Å². The zero-order valence-electron chi connectivity index (χ0n) is 10.6. The molecule has 1 amide bonds. The molecular formula is C14H16N2O2. The number of aryl methyl sites for hydroxylation is 1. The van der Waals surface area contributed by atoms with Crippen LogP contribution in [0.1, 0.15) is 27.9 Å². The molecule has 1 aromatic rings. The smallest absolute Gasteiger partial charge is 0.296 e. The van der Waals surface area contributed by atoms with Gasteiger partial charge in [0.25, 0.3) is 11.7 Å². The van der Waals surface area contributed by atoms with Crippen LogP contribution in [0.3, 0.4) is 0 Å². The predicted molar refractivity (Wildman–Crippen MR) is 68.9 cm³/mol. The van der Waals surface area contributed by atoms with E-state index in [1.807, 2.05) is 12.1 Å². The van der Waals surface area contributed by atoms with Crippen LogP contribution in [0.4, 0.5) is 5.69 Å². The summed E-state index contributed by atoms with van der Waals surface area (Å²) in [5.74, 6) is -0.869. The van der Waals surface area contributed by atoms with E-state index < -0.39 is 5.91 Å². The van der Waals surface area contributed by atoms with Gasteiger partial charge in [-0.15, -0.1) is 0 Å². The van der Waals surface area contributed by atoms with Crippen LogP contribution in [0.25, 0.3) is 0 Å². The molecule has 1 heterocycles. The highest BCUT2D eigenvalue weighted by Crippen LogP contribution is 2.34. The highest BCUT2D eigenvalue weighted by Gasteiger charge is 2.34. The number of ketones is 1. The van der Waals surface area contributed by atoms with E-state index in [2.05, 4.69) is 24.3 Å². The minimum absolute atomic E-state index is 0.374. The Balaban J connectivity index is 2.08. The van der Waals surface area contributed by atoms with Gasteiger partial charge in [-0.2, -0.15) is 0 Å². The molecule has 0 saturated heterocycles. The number of hydrogen-bond acceptors (Lipinski definition) is 3. The normalized spacial score (nSPS) is 21.8. The molecule has 0 radical (unpaired) electrons. The Labute approximate surface area is 106 Å². The van der Waals surface area contributed by atoms with Crippen molar-refractivity contribution in [2.45, 2.75) is 25.3 Å². The first-order valence-electron chi connectivity index (χ1n) is 6.25. The SMILES string of the molecule is CN(C)C1CCc2ccc3c(c2C1)C(=O)C(=O)N3. The van der Waals surface area contributed by atoms with Gasteiger partial charge in [0.05, 0.1) is 11.3 Å². The molecule has 0 bridgehead atoms. The molecular weight excluding hydrogens is 228 g/mol. The van der Waals surface area contributed by atoms with E-state index in [-0.39, 0.29) is 5.78 Å². The summed E-state index contributed by atoms with van der Waals surface area (Å²) in [6, 6.07) is 4.35. The van der Waals surface area contributed by atoms with Gasteiger partial charge in [-0.05, 0) is 50.6 Å². The molecule has 94 valence electrons. The van der Waals surface area contributed by atoms with Crippen LogP contribution in [-0.4, -0.2) is 36.7 Å². The van der Waals surface area contributed by atoms with Gasteiger partial charge in [0.2, 0.25) is 0 Å². The monoisotopic (exact) mass is 244 g/mol. The van der Waals surface area contributed by atoms with Gasteiger partial charge in [0, 0.05) is 6.04 Å². The first-order chi connectivity index (χ1) is 8.58. The molecule has 0 saturated carbocycles. The van der Waals surface area contributed by atoms with E-state index in [0.717, 1.165) is 24.8 Å². The van der Waals surface area contributed by atoms with Crippen molar-refractivity contribution < 1.29 is 9.59 Å². The van der Waals surface area contributed by atoms with E-state index >= 15 is 0 Å². The van der Waals surface area contributed by atoms with Crippen LogP contribution >= 0.6 is 0 Å². The van der Waals surface area contributed by atoms with Crippen molar-refractivity contribution in [1.29, 1.82) is 0 Å². The third kappa shape index (κ3) is 1.56. The maximum absolute atomic E-state index is 11.9. The number of anilines is 1. The number of fused-ring (bicyclic) bond motifs is 3. The van der Waals surface area contributed by atoms with Crippen LogP contribution in [0, 0.1) is 0 Å². The van der Waals surface area contributed by atoms with E-state index in [0.29, 0.717) is 17.3 Å². The Bertz CT molecular complexity index is 549. The van der Waals surface area contributed by atoms with E-state index in [9.17, 15) is 9.59 Å². The maximum atomic E-state index is 11.9. The molecule has 1 aliphatic heterocycles. The third-order valence-electron chi connectivity index (χ3n) is 4.01. The Morgan fingerprint density at radius 3 is 2.78 bits per heavy atom.